The highest BCUT2D eigenvalue weighted by atomic mass is 79.9. The molecule has 0 spiro atoms. The summed E-state index contributed by atoms with van der Waals surface area (Å²) in [5, 5.41) is 3.45. The smallest absolute Gasteiger partial charge is 0.181 e. The van der Waals surface area contributed by atoms with Gasteiger partial charge >= 0.3 is 0 Å². The highest BCUT2D eigenvalue weighted by Gasteiger charge is 2.22. The Balaban J connectivity index is 1.86. The van der Waals surface area contributed by atoms with Crippen LogP contribution in [0.5, 0.6) is 0 Å². The SMILES string of the molecule is Brc1ccccc1-c1ocnc1CNC1CC1. The summed E-state index contributed by atoms with van der Waals surface area (Å²) >= 11 is 3.54. The number of benzene rings is 1. The Labute approximate surface area is 108 Å². The van der Waals surface area contributed by atoms with E-state index < -0.39 is 0 Å². The molecular weight excluding hydrogens is 280 g/mol. The average molecular weight is 293 g/mol. The molecule has 88 valence electrons. The van der Waals surface area contributed by atoms with E-state index in [0.29, 0.717) is 6.04 Å². The molecule has 0 saturated heterocycles. The molecular formula is C13H13BrN2O. The molecule has 0 unspecified atom stereocenters. The fraction of sp³-hybridized carbons (Fsp3) is 0.308. The third kappa shape index (κ3) is 2.42. The number of nitrogens with zero attached hydrogens (tertiary/aromatic N) is 1. The van der Waals surface area contributed by atoms with Gasteiger partial charge in [0.2, 0.25) is 0 Å². The van der Waals surface area contributed by atoms with E-state index >= 15 is 0 Å². The summed E-state index contributed by atoms with van der Waals surface area (Å²) in [6.07, 6.45) is 4.07. The molecule has 0 aliphatic heterocycles. The van der Waals surface area contributed by atoms with Crippen LogP contribution in [-0.2, 0) is 6.54 Å². The van der Waals surface area contributed by atoms with Gasteiger partial charge < -0.3 is 9.73 Å². The van der Waals surface area contributed by atoms with Gasteiger partial charge in [-0.2, -0.15) is 0 Å². The van der Waals surface area contributed by atoms with Crippen molar-refractivity contribution in [2.24, 2.45) is 0 Å². The van der Waals surface area contributed by atoms with Crippen LogP contribution < -0.4 is 5.32 Å². The first-order chi connectivity index (χ1) is 8.34. The molecule has 1 saturated carbocycles. The molecule has 0 amide bonds. The summed E-state index contributed by atoms with van der Waals surface area (Å²) in [6.45, 7) is 0.776. The summed E-state index contributed by atoms with van der Waals surface area (Å²) in [5.74, 6) is 0.852. The van der Waals surface area contributed by atoms with Crippen molar-refractivity contribution in [2.45, 2.75) is 25.4 Å². The molecule has 1 aliphatic carbocycles. The predicted octanol–water partition coefficient (Wildman–Crippen LogP) is 3.36. The fourth-order valence-electron chi connectivity index (χ4n) is 1.79. The van der Waals surface area contributed by atoms with Crippen LogP contribution >= 0.6 is 15.9 Å². The standard InChI is InChI=1S/C13H13BrN2O/c14-11-4-2-1-3-10(11)13-12(16-8-17-13)7-15-9-5-6-9/h1-4,8-9,15H,5-7H2. The van der Waals surface area contributed by atoms with Gasteiger partial charge in [-0.1, -0.05) is 34.1 Å². The van der Waals surface area contributed by atoms with Crippen LogP contribution in [0.3, 0.4) is 0 Å². The molecule has 1 aromatic carbocycles. The van der Waals surface area contributed by atoms with Crippen molar-refractivity contribution < 1.29 is 4.42 Å². The molecule has 3 rings (SSSR count). The molecule has 4 heteroatoms. The molecule has 1 aromatic heterocycles. The third-order valence-electron chi connectivity index (χ3n) is 2.90. The van der Waals surface area contributed by atoms with Gasteiger partial charge in [0, 0.05) is 22.6 Å². The van der Waals surface area contributed by atoms with E-state index in [9.17, 15) is 0 Å². The van der Waals surface area contributed by atoms with Crippen molar-refractivity contribution >= 4 is 15.9 Å². The lowest BCUT2D eigenvalue weighted by Crippen LogP contribution is -2.16. The maximum atomic E-state index is 5.50. The zero-order chi connectivity index (χ0) is 11.7. The van der Waals surface area contributed by atoms with Crippen molar-refractivity contribution in [2.75, 3.05) is 0 Å². The van der Waals surface area contributed by atoms with Crippen molar-refractivity contribution in [3.8, 4) is 11.3 Å². The van der Waals surface area contributed by atoms with Gasteiger partial charge in [0.15, 0.2) is 12.2 Å². The van der Waals surface area contributed by atoms with Crippen LogP contribution in [0.25, 0.3) is 11.3 Å². The third-order valence-corrected chi connectivity index (χ3v) is 3.59. The Morgan fingerprint density at radius 1 is 1.35 bits per heavy atom. The molecule has 2 aromatic rings. The van der Waals surface area contributed by atoms with E-state index in [-0.39, 0.29) is 0 Å². The number of nitrogens with one attached hydrogen (secondary N) is 1. The molecule has 0 radical (unpaired) electrons. The van der Waals surface area contributed by atoms with Gasteiger partial charge in [0.1, 0.15) is 5.69 Å². The number of rotatable bonds is 4. The van der Waals surface area contributed by atoms with Gasteiger partial charge in [0.25, 0.3) is 0 Å². The maximum Gasteiger partial charge on any atom is 0.181 e. The Hall–Kier alpha value is -1.13. The molecule has 0 atom stereocenters. The lowest BCUT2D eigenvalue weighted by molar-refractivity contribution is 0.569. The Kier molecular flexibility index (Phi) is 2.99. The van der Waals surface area contributed by atoms with Crippen LogP contribution in [0.15, 0.2) is 39.5 Å². The van der Waals surface area contributed by atoms with Crippen LogP contribution in [0, 0.1) is 0 Å². The largest absolute Gasteiger partial charge is 0.443 e. The van der Waals surface area contributed by atoms with E-state index in [0.717, 1.165) is 28.0 Å². The second kappa shape index (κ2) is 4.63. The fourth-order valence-corrected chi connectivity index (χ4v) is 2.25. The summed E-state index contributed by atoms with van der Waals surface area (Å²) in [4.78, 5) is 4.28. The minimum atomic E-state index is 0.679. The summed E-state index contributed by atoms with van der Waals surface area (Å²) in [7, 11) is 0. The first-order valence-corrected chi connectivity index (χ1v) is 6.54. The van der Waals surface area contributed by atoms with Gasteiger partial charge in [-0.3, -0.25) is 0 Å². The number of hydrogen-bond acceptors (Lipinski definition) is 3. The Morgan fingerprint density at radius 3 is 2.94 bits per heavy atom. The molecule has 1 fully saturated rings. The van der Waals surface area contributed by atoms with Crippen molar-refractivity contribution in [3.63, 3.8) is 0 Å². The molecule has 3 nitrogen and oxygen atoms in total. The Bertz CT molecular complexity index is 520. The van der Waals surface area contributed by atoms with E-state index in [4.69, 9.17) is 4.42 Å². The van der Waals surface area contributed by atoms with Gasteiger partial charge in [-0.05, 0) is 18.9 Å². The van der Waals surface area contributed by atoms with Gasteiger partial charge in [-0.25, -0.2) is 4.98 Å². The van der Waals surface area contributed by atoms with Gasteiger partial charge in [0.05, 0.1) is 0 Å². The Morgan fingerprint density at radius 2 is 2.18 bits per heavy atom. The van der Waals surface area contributed by atoms with Crippen LogP contribution in [-0.4, -0.2) is 11.0 Å². The molecule has 0 bridgehead atoms. The van der Waals surface area contributed by atoms with E-state index in [1.807, 2.05) is 24.3 Å². The van der Waals surface area contributed by atoms with E-state index in [1.54, 1.807) is 0 Å². The normalized spacial score (nSPS) is 15.1. The lowest BCUT2D eigenvalue weighted by Gasteiger charge is -2.04. The van der Waals surface area contributed by atoms with Crippen LogP contribution in [0.4, 0.5) is 0 Å². The molecule has 17 heavy (non-hydrogen) atoms. The molecule has 1 N–H and O–H groups in total. The number of aromatic nitrogens is 1. The van der Waals surface area contributed by atoms with Crippen LogP contribution in [0.2, 0.25) is 0 Å². The van der Waals surface area contributed by atoms with Crippen molar-refractivity contribution in [3.05, 3.63) is 40.8 Å². The summed E-state index contributed by atoms with van der Waals surface area (Å²) in [6, 6.07) is 8.72. The number of hydrogen-bond donors (Lipinski definition) is 1. The zero-order valence-corrected chi connectivity index (χ0v) is 10.9. The molecule has 1 heterocycles. The first-order valence-electron chi connectivity index (χ1n) is 5.75. The highest BCUT2D eigenvalue weighted by molar-refractivity contribution is 9.10. The second-order valence-corrected chi connectivity index (χ2v) is 5.12. The first kappa shape index (κ1) is 11.0. The molecule has 1 aliphatic rings. The minimum Gasteiger partial charge on any atom is -0.443 e. The van der Waals surface area contributed by atoms with Gasteiger partial charge in [-0.15, -0.1) is 0 Å². The average Bonchev–Trinajstić information content (AvgIpc) is 3.06. The monoisotopic (exact) mass is 292 g/mol. The second-order valence-electron chi connectivity index (χ2n) is 4.26. The number of oxazole rings is 1. The number of halogens is 1. The quantitative estimate of drug-likeness (QED) is 0.939. The summed E-state index contributed by atoms with van der Waals surface area (Å²) < 4.78 is 6.53. The van der Waals surface area contributed by atoms with E-state index in [1.165, 1.54) is 19.2 Å². The highest BCUT2D eigenvalue weighted by Crippen LogP contribution is 2.30. The predicted molar refractivity (Wildman–Crippen MR) is 69.5 cm³/mol. The van der Waals surface area contributed by atoms with Crippen molar-refractivity contribution in [1.82, 2.24) is 10.3 Å². The minimum absolute atomic E-state index is 0.679. The zero-order valence-electron chi connectivity index (χ0n) is 9.32. The lowest BCUT2D eigenvalue weighted by atomic mass is 10.1. The maximum absolute atomic E-state index is 5.50. The van der Waals surface area contributed by atoms with Crippen LogP contribution in [0.1, 0.15) is 18.5 Å². The van der Waals surface area contributed by atoms with E-state index in [2.05, 4.69) is 26.2 Å². The van der Waals surface area contributed by atoms with Crippen molar-refractivity contribution in [1.29, 1.82) is 0 Å². The topological polar surface area (TPSA) is 38.1 Å². The summed E-state index contributed by atoms with van der Waals surface area (Å²) in [5.41, 5.74) is 2.03.